The van der Waals surface area contributed by atoms with Crippen molar-refractivity contribution in [1.29, 1.82) is 0 Å². The standard InChI is InChI=1S/C21H13N7O/c1-22-20-17(12-6-4-8-16-18(12)28-29-27-16)14-10-24-26-21(14)25-19(20)13-9-23-15-7-3-2-5-11(13)15/h2-10,17,20,23H,(H,24,26). The van der Waals surface area contributed by atoms with Gasteiger partial charge in [0.2, 0.25) is 0 Å². The molecule has 0 radical (unpaired) electrons. The molecule has 0 aliphatic carbocycles. The maximum atomic E-state index is 8.03. The molecule has 4 heterocycles. The lowest BCUT2D eigenvalue weighted by Gasteiger charge is -2.23. The molecule has 0 spiro atoms. The van der Waals surface area contributed by atoms with Gasteiger partial charge in [0.1, 0.15) is 16.7 Å². The van der Waals surface area contributed by atoms with Gasteiger partial charge in [-0.1, -0.05) is 30.3 Å². The first-order chi connectivity index (χ1) is 14.3. The summed E-state index contributed by atoms with van der Waals surface area (Å²) in [7, 11) is 0. The normalized spacial score (nSPS) is 18.5. The first-order valence-electron chi connectivity index (χ1n) is 9.11. The third-order valence-electron chi connectivity index (χ3n) is 5.47. The highest BCUT2D eigenvalue weighted by atomic mass is 16.6. The Morgan fingerprint density at radius 3 is 2.90 bits per heavy atom. The third kappa shape index (κ3) is 2.18. The molecule has 2 unspecified atom stereocenters. The number of nitrogens with one attached hydrogen (secondary N) is 2. The molecule has 8 heteroatoms. The average Bonchev–Trinajstić information content (AvgIpc) is 3.50. The van der Waals surface area contributed by atoms with Crippen molar-refractivity contribution in [2.45, 2.75) is 12.0 Å². The fourth-order valence-corrected chi connectivity index (χ4v) is 4.17. The lowest BCUT2D eigenvalue weighted by Crippen LogP contribution is -2.29. The van der Waals surface area contributed by atoms with Crippen molar-refractivity contribution in [1.82, 2.24) is 25.5 Å². The van der Waals surface area contributed by atoms with Crippen LogP contribution in [0.25, 0.3) is 26.8 Å². The highest BCUT2D eigenvalue weighted by molar-refractivity contribution is 6.16. The summed E-state index contributed by atoms with van der Waals surface area (Å²) in [6.07, 6.45) is 3.65. The second-order valence-corrected chi connectivity index (χ2v) is 6.95. The van der Waals surface area contributed by atoms with Crippen molar-refractivity contribution in [3.63, 3.8) is 0 Å². The van der Waals surface area contributed by atoms with Gasteiger partial charge in [0.15, 0.2) is 5.82 Å². The van der Waals surface area contributed by atoms with Gasteiger partial charge in [-0.25, -0.2) is 16.2 Å². The van der Waals surface area contributed by atoms with Gasteiger partial charge in [0.25, 0.3) is 6.04 Å². The number of fused-ring (bicyclic) bond motifs is 3. The molecule has 2 atom stereocenters. The van der Waals surface area contributed by atoms with Crippen molar-refractivity contribution < 1.29 is 4.63 Å². The largest absolute Gasteiger partial charge is 0.360 e. The summed E-state index contributed by atoms with van der Waals surface area (Å²) in [5, 5.41) is 16.2. The summed E-state index contributed by atoms with van der Waals surface area (Å²) in [5.41, 5.74) is 5.67. The minimum atomic E-state index is -0.540. The van der Waals surface area contributed by atoms with Gasteiger partial charge in [-0.3, -0.25) is 5.10 Å². The van der Waals surface area contributed by atoms with E-state index >= 15 is 0 Å². The number of aliphatic imine (C=N–C) groups is 1. The number of hydrogen-bond acceptors (Lipinski definition) is 5. The molecule has 0 saturated heterocycles. The van der Waals surface area contributed by atoms with Gasteiger partial charge < -0.3 is 9.83 Å². The van der Waals surface area contributed by atoms with Crippen LogP contribution in [0.5, 0.6) is 0 Å². The summed E-state index contributed by atoms with van der Waals surface area (Å²) in [4.78, 5) is 12.1. The lowest BCUT2D eigenvalue weighted by molar-refractivity contribution is 0.315. The predicted molar refractivity (Wildman–Crippen MR) is 107 cm³/mol. The maximum Gasteiger partial charge on any atom is 0.277 e. The number of aromatic nitrogens is 5. The number of para-hydroxylation sites is 1. The second-order valence-electron chi connectivity index (χ2n) is 6.95. The smallest absolute Gasteiger partial charge is 0.277 e. The van der Waals surface area contributed by atoms with Crippen molar-refractivity contribution >= 4 is 33.5 Å². The number of aromatic amines is 2. The Bertz CT molecular complexity index is 1450. The van der Waals surface area contributed by atoms with Crippen molar-refractivity contribution in [3.8, 4) is 0 Å². The molecule has 0 amide bonds. The molecule has 0 fully saturated rings. The summed E-state index contributed by atoms with van der Waals surface area (Å²) < 4.78 is 4.96. The van der Waals surface area contributed by atoms with Gasteiger partial charge in [0.05, 0.1) is 12.1 Å². The van der Waals surface area contributed by atoms with E-state index in [4.69, 9.17) is 16.2 Å². The fourth-order valence-electron chi connectivity index (χ4n) is 4.17. The lowest BCUT2D eigenvalue weighted by atomic mass is 9.80. The van der Waals surface area contributed by atoms with Gasteiger partial charge in [-0.2, -0.15) is 5.10 Å². The van der Waals surface area contributed by atoms with E-state index in [0.29, 0.717) is 22.6 Å². The molecule has 138 valence electrons. The fraction of sp³-hybridized carbons (Fsp3) is 0.0952. The molecule has 1 aliphatic rings. The number of hydrogen-bond donors (Lipinski definition) is 2. The molecule has 3 aromatic heterocycles. The maximum absolute atomic E-state index is 8.03. The van der Waals surface area contributed by atoms with Gasteiger partial charge in [-0.15, -0.1) is 0 Å². The van der Waals surface area contributed by atoms with Crippen LogP contribution in [0.15, 0.2) is 64.5 Å². The topological polar surface area (TPSA) is 100 Å². The van der Waals surface area contributed by atoms with E-state index in [1.807, 2.05) is 48.7 Å². The van der Waals surface area contributed by atoms with E-state index in [1.165, 1.54) is 0 Å². The summed E-state index contributed by atoms with van der Waals surface area (Å²) in [6.45, 7) is 8.03. The predicted octanol–water partition coefficient (Wildman–Crippen LogP) is 3.98. The quantitative estimate of drug-likeness (QED) is 0.453. The van der Waals surface area contributed by atoms with Gasteiger partial charge in [-0.05, 0) is 28.0 Å². The summed E-state index contributed by atoms with van der Waals surface area (Å²) >= 11 is 0. The Balaban J connectivity index is 1.62. The zero-order chi connectivity index (χ0) is 19.4. The highest BCUT2D eigenvalue weighted by Crippen LogP contribution is 2.43. The highest BCUT2D eigenvalue weighted by Gasteiger charge is 2.42. The average molecular weight is 379 g/mol. The Morgan fingerprint density at radius 2 is 1.97 bits per heavy atom. The Labute approximate surface area is 164 Å². The van der Waals surface area contributed by atoms with Gasteiger partial charge >= 0.3 is 0 Å². The third-order valence-corrected chi connectivity index (χ3v) is 5.47. The van der Waals surface area contributed by atoms with Crippen molar-refractivity contribution in [2.75, 3.05) is 0 Å². The van der Waals surface area contributed by atoms with Gasteiger partial charge in [0, 0.05) is 28.2 Å². The van der Waals surface area contributed by atoms with Crippen LogP contribution in [0.2, 0.25) is 0 Å². The number of rotatable bonds is 2. The van der Waals surface area contributed by atoms with Crippen LogP contribution in [0.4, 0.5) is 5.82 Å². The first-order valence-corrected chi connectivity index (χ1v) is 9.11. The monoisotopic (exact) mass is 379 g/mol. The second kappa shape index (κ2) is 5.87. The van der Waals surface area contributed by atoms with E-state index in [2.05, 4.69) is 30.3 Å². The number of benzene rings is 2. The zero-order valence-corrected chi connectivity index (χ0v) is 15.0. The van der Waals surface area contributed by atoms with Crippen LogP contribution in [0, 0.1) is 6.57 Å². The van der Waals surface area contributed by atoms with E-state index in [-0.39, 0.29) is 5.92 Å². The minimum absolute atomic E-state index is 0.294. The van der Waals surface area contributed by atoms with E-state index < -0.39 is 6.04 Å². The van der Waals surface area contributed by atoms with E-state index in [9.17, 15) is 0 Å². The van der Waals surface area contributed by atoms with E-state index in [0.717, 1.165) is 27.6 Å². The SMILES string of the molecule is [C-]#[N+]C1C(c2c[nH]c3ccccc23)=Nc2[nH]ncc2C1c1cccc2nonc12. The molecule has 5 aromatic rings. The molecule has 2 N–H and O–H groups in total. The van der Waals surface area contributed by atoms with Crippen LogP contribution in [0.1, 0.15) is 22.6 Å². The minimum Gasteiger partial charge on any atom is -0.360 e. The molecule has 29 heavy (non-hydrogen) atoms. The van der Waals surface area contributed by atoms with Crippen LogP contribution in [-0.4, -0.2) is 37.2 Å². The zero-order valence-electron chi connectivity index (χ0n) is 15.0. The first kappa shape index (κ1) is 15.8. The van der Waals surface area contributed by atoms with Crippen LogP contribution >= 0.6 is 0 Å². The Hall–Kier alpha value is -4.25. The van der Waals surface area contributed by atoms with Crippen LogP contribution in [0.3, 0.4) is 0 Å². The molecule has 6 rings (SSSR count). The number of nitrogens with zero attached hydrogens (tertiary/aromatic N) is 5. The Kier molecular flexibility index (Phi) is 3.19. The summed E-state index contributed by atoms with van der Waals surface area (Å²) in [6, 6.07) is 13.2. The van der Waals surface area contributed by atoms with Crippen LogP contribution in [-0.2, 0) is 0 Å². The summed E-state index contributed by atoms with van der Waals surface area (Å²) in [5.74, 6) is 0.363. The molecular formula is C21H13N7O. The van der Waals surface area contributed by atoms with E-state index in [1.54, 1.807) is 6.20 Å². The molecule has 2 aromatic carbocycles. The molecule has 0 saturated carbocycles. The molecule has 8 nitrogen and oxygen atoms in total. The Morgan fingerprint density at radius 1 is 1.03 bits per heavy atom. The van der Waals surface area contributed by atoms with Crippen molar-refractivity contribution in [3.05, 3.63) is 83.0 Å². The van der Waals surface area contributed by atoms with Crippen molar-refractivity contribution in [2.24, 2.45) is 4.99 Å². The molecular weight excluding hydrogens is 366 g/mol. The number of H-pyrrole nitrogens is 2. The van der Waals surface area contributed by atoms with Crippen LogP contribution < -0.4 is 0 Å². The molecule has 1 aliphatic heterocycles. The molecule has 0 bridgehead atoms.